The minimum atomic E-state index is 0.716. The number of nitrogens with one attached hydrogen (secondary N) is 1. The van der Waals surface area contributed by atoms with Gasteiger partial charge in [0, 0.05) is 24.8 Å². The summed E-state index contributed by atoms with van der Waals surface area (Å²) < 4.78 is 1.87. The lowest BCUT2D eigenvalue weighted by atomic mass is 10.4. The standard InChI is InChI=1S/C13H19N5/c1-10-4-3-5-12-15-13(16-18(10)12)14-8-9-17(2)11-6-7-11/h3-5,11H,6-9H2,1-2H3,(H,14,16). The van der Waals surface area contributed by atoms with Gasteiger partial charge in [0.05, 0.1) is 0 Å². The number of hydrogen-bond acceptors (Lipinski definition) is 4. The van der Waals surface area contributed by atoms with Gasteiger partial charge in [-0.05, 0) is 38.9 Å². The van der Waals surface area contributed by atoms with Crippen molar-refractivity contribution in [3.8, 4) is 0 Å². The molecule has 0 unspecified atom stereocenters. The largest absolute Gasteiger partial charge is 0.352 e. The Morgan fingerprint density at radius 3 is 3.00 bits per heavy atom. The minimum Gasteiger partial charge on any atom is -0.352 e. The summed E-state index contributed by atoms with van der Waals surface area (Å²) in [5.74, 6) is 0.716. The van der Waals surface area contributed by atoms with E-state index >= 15 is 0 Å². The van der Waals surface area contributed by atoms with Gasteiger partial charge >= 0.3 is 0 Å². The number of aryl methyl sites for hydroxylation is 1. The lowest BCUT2D eigenvalue weighted by Crippen LogP contribution is -2.27. The zero-order valence-corrected chi connectivity index (χ0v) is 10.9. The smallest absolute Gasteiger partial charge is 0.243 e. The van der Waals surface area contributed by atoms with Crippen LogP contribution in [-0.4, -0.2) is 45.7 Å². The van der Waals surface area contributed by atoms with Crippen LogP contribution < -0.4 is 5.32 Å². The highest BCUT2D eigenvalue weighted by atomic mass is 15.4. The van der Waals surface area contributed by atoms with Crippen LogP contribution in [0.25, 0.3) is 5.65 Å². The predicted octanol–water partition coefficient (Wildman–Crippen LogP) is 1.54. The van der Waals surface area contributed by atoms with E-state index in [0.29, 0.717) is 5.95 Å². The summed E-state index contributed by atoms with van der Waals surface area (Å²) in [5.41, 5.74) is 2.00. The molecule has 0 atom stereocenters. The minimum absolute atomic E-state index is 0.716. The van der Waals surface area contributed by atoms with Crippen LogP contribution >= 0.6 is 0 Å². The van der Waals surface area contributed by atoms with E-state index in [1.807, 2.05) is 29.6 Å². The highest BCUT2D eigenvalue weighted by molar-refractivity contribution is 5.44. The molecular formula is C13H19N5. The summed E-state index contributed by atoms with van der Waals surface area (Å²) in [4.78, 5) is 6.85. The molecule has 18 heavy (non-hydrogen) atoms. The fourth-order valence-electron chi connectivity index (χ4n) is 2.15. The summed E-state index contributed by atoms with van der Waals surface area (Å²) in [5, 5.41) is 7.74. The van der Waals surface area contributed by atoms with E-state index in [1.165, 1.54) is 12.8 Å². The topological polar surface area (TPSA) is 45.5 Å². The van der Waals surface area contributed by atoms with E-state index in [-0.39, 0.29) is 0 Å². The van der Waals surface area contributed by atoms with Gasteiger partial charge in [-0.25, -0.2) is 4.52 Å². The molecule has 2 aromatic rings. The molecule has 2 aromatic heterocycles. The van der Waals surface area contributed by atoms with Gasteiger partial charge in [0.15, 0.2) is 5.65 Å². The monoisotopic (exact) mass is 245 g/mol. The Labute approximate surface area is 107 Å². The molecule has 0 radical (unpaired) electrons. The number of anilines is 1. The number of likely N-dealkylation sites (N-methyl/N-ethyl adjacent to an activating group) is 1. The molecule has 1 N–H and O–H groups in total. The van der Waals surface area contributed by atoms with Crippen molar-refractivity contribution in [2.75, 3.05) is 25.5 Å². The quantitative estimate of drug-likeness (QED) is 0.868. The Balaban J connectivity index is 1.62. The van der Waals surface area contributed by atoms with Gasteiger partial charge in [-0.3, -0.25) is 0 Å². The Kier molecular flexibility index (Phi) is 2.91. The second-order valence-corrected chi connectivity index (χ2v) is 5.01. The Bertz CT molecular complexity index is 543. The molecule has 0 amide bonds. The second-order valence-electron chi connectivity index (χ2n) is 5.01. The van der Waals surface area contributed by atoms with Gasteiger partial charge in [-0.1, -0.05) is 6.07 Å². The van der Waals surface area contributed by atoms with Crippen LogP contribution in [0.5, 0.6) is 0 Å². The van der Waals surface area contributed by atoms with Crippen LogP contribution in [0, 0.1) is 6.92 Å². The lowest BCUT2D eigenvalue weighted by molar-refractivity contribution is 0.337. The van der Waals surface area contributed by atoms with Crippen molar-refractivity contribution in [3.63, 3.8) is 0 Å². The predicted molar refractivity (Wildman–Crippen MR) is 71.9 cm³/mol. The fraction of sp³-hybridized carbons (Fsp3) is 0.538. The third kappa shape index (κ3) is 2.31. The summed E-state index contributed by atoms with van der Waals surface area (Å²) in [6.45, 7) is 3.97. The van der Waals surface area contributed by atoms with Crippen LogP contribution in [0.2, 0.25) is 0 Å². The Morgan fingerprint density at radius 1 is 1.44 bits per heavy atom. The first-order valence-electron chi connectivity index (χ1n) is 6.50. The number of rotatable bonds is 5. The Hall–Kier alpha value is -1.62. The van der Waals surface area contributed by atoms with E-state index in [4.69, 9.17) is 0 Å². The van der Waals surface area contributed by atoms with Crippen LogP contribution in [0.1, 0.15) is 18.5 Å². The summed E-state index contributed by atoms with van der Waals surface area (Å²) in [7, 11) is 2.18. The van der Waals surface area contributed by atoms with Crippen LogP contribution in [0.3, 0.4) is 0 Å². The van der Waals surface area contributed by atoms with Crippen molar-refractivity contribution in [2.45, 2.75) is 25.8 Å². The molecule has 5 heteroatoms. The fourth-order valence-corrected chi connectivity index (χ4v) is 2.15. The average Bonchev–Trinajstić information content (AvgIpc) is 3.11. The molecule has 2 heterocycles. The second kappa shape index (κ2) is 4.57. The lowest BCUT2D eigenvalue weighted by Gasteiger charge is -2.14. The molecular weight excluding hydrogens is 226 g/mol. The molecule has 0 bridgehead atoms. The number of nitrogens with zero attached hydrogens (tertiary/aromatic N) is 4. The maximum atomic E-state index is 4.45. The van der Waals surface area contributed by atoms with Crippen LogP contribution in [0.4, 0.5) is 5.95 Å². The van der Waals surface area contributed by atoms with E-state index in [0.717, 1.165) is 30.5 Å². The number of pyridine rings is 1. The van der Waals surface area contributed by atoms with E-state index < -0.39 is 0 Å². The van der Waals surface area contributed by atoms with E-state index in [1.54, 1.807) is 0 Å². The van der Waals surface area contributed by atoms with E-state index in [2.05, 4.69) is 27.3 Å². The SMILES string of the molecule is Cc1cccc2nc(NCCN(C)C3CC3)nn12. The van der Waals surface area contributed by atoms with Gasteiger partial charge in [0.1, 0.15) is 0 Å². The summed E-state index contributed by atoms with van der Waals surface area (Å²) in [6, 6.07) is 6.82. The summed E-state index contributed by atoms with van der Waals surface area (Å²) >= 11 is 0. The van der Waals surface area contributed by atoms with E-state index in [9.17, 15) is 0 Å². The highest BCUT2D eigenvalue weighted by Crippen LogP contribution is 2.24. The van der Waals surface area contributed by atoms with Crippen molar-refractivity contribution >= 4 is 11.6 Å². The summed E-state index contributed by atoms with van der Waals surface area (Å²) in [6.07, 6.45) is 2.70. The van der Waals surface area contributed by atoms with Gasteiger partial charge in [-0.15, -0.1) is 5.10 Å². The normalized spacial score (nSPS) is 15.5. The third-order valence-electron chi connectivity index (χ3n) is 3.47. The van der Waals surface area contributed by atoms with Crippen molar-refractivity contribution < 1.29 is 0 Å². The van der Waals surface area contributed by atoms with Crippen molar-refractivity contribution in [1.29, 1.82) is 0 Å². The number of fused-ring (bicyclic) bond motifs is 1. The van der Waals surface area contributed by atoms with Crippen molar-refractivity contribution in [2.24, 2.45) is 0 Å². The first-order valence-corrected chi connectivity index (χ1v) is 6.50. The first-order chi connectivity index (χ1) is 8.74. The van der Waals surface area contributed by atoms with Gasteiger partial charge in [0.25, 0.3) is 0 Å². The molecule has 0 saturated heterocycles. The first kappa shape index (κ1) is 11.5. The molecule has 0 aliphatic heterocycles. The van der Waals surface area contributed by atoms with Gasteiger partial charge in [0.2, 0.25) is 5.95 Å². The molecule has 3 rings (SSSR count). The molecule has 1 fully saturated rings. The Morgan fingerprint density at radius 2 is 2.28 bits per heavy atom. The zero-order chi connectivity index (χ0) is 12.5. The van der Waals surface area contributed by atoms with Crippen LogP contribution in [0.15, 0.2) is 18.2 Å². The average molecular weight is 245 g/mol. The third-order valence-corrected chi connectivity index (χ3v) is 3.47. The van der Waals surface area contributed by atoms with Crippen molar-refractivity contribution in [1.82, 2.24) is 19.5 Å². The molecule has 5 nitrogen and oxygen atoms in total. The maximum absolute atomic E-state index is 4.45. The molecule has 0 aromatic carbocycles. The van der Waals surface area contributed by atoms with Crippen LogP contribution in [-0.2, 0) is 0 Å². The molecule has 1 aliphatic carbocycles. The number of aromatic nitrogens is 3. The maximum Gasteiger partial charge on any atom is 0.243 e. The zero-order valence-electron chi connectivity index (χ0n) is 10.9. The van der Waals surface area contributed by atoms with Crippen molar-refractivity contribution in [3.05, 3.63) is 23.9 Å². The molecule has 1 aliphatic rings. The molecule has 0 spiro atoms. The molecule has 1 saturated carbocycles. The van der Waals surface area contributed by atoms with Gasteiger partial charge in [-0.2, -0.15) is 4.98 Å². The molecule has 96 valence electrons. The highest BCUT2D eigenvalue weighted by Gasteiger charge is 2.25. The van der Waals surface area contributed by atoms with Gasteiger partial charge < -0.3 is 10.2 Å². The number of hydrogen-bond donors (Lipinski definition) is 1.